The number of carbonyl (C=O) groups excluding carboxylic acids is 1. The van der Waals surface area contributed by atoms with Gasteiger partial charge in [-0.1, -0.05) is 50.2 Å². The number of hydrogen-bond acceptors (Lipinski definition) is 3. The first-order valence-corrected chi connectivity index (χ1v) is 8.40. The number of primary amides is 1. The molecular formula is C18H24N2OS. The number of nitrogens with two attached hydrogens (primary N) is 1. The van der Waals surface area contributed by atoms with Gasteiger partial charge in [0.05, 0.1) is 5.41 Å². The second-order valence-corrected chi connectivity index (χ2v) is 7.12. The van der Waals surface area contributed by atoms with Crippen molar-refractivity contribution in [3.8, 4) is 0 Å². The Labute approximate surface area is 136 Å². The van der Waals surface area contributed by atoms with Gasteiger partial charge in [-0.15, -0.1) is 11.3 Å². The predicted octanol–water partition coefficient (Wildman–Crippen LogP) is 3.69. The van der Waals surface area contributed by atoms with E-state index in [1.165, 1.54) is 4.88 Å². The van der Waals surface area contributed by atoms with Crippen LogP contribution in [0.15, 0.2) is 47.8 Å². The summed E-state index contributed by atoms with van der Waals surface area (Å²) < 4.78 is 0. The first-order valence-electron chi connectivity index (χ1n) is 7.52. The molecule has 2 rings (SSSR count). The van der Waals surface area contributed by atoms with Gasteiger partial charge in [0.15, 0.2) is 0 Å². The van der Waals surface area contributed by atoms with Crippen molar-refractivity contribution < 1.29 is 4.79 Å². The fraction of sp³-hybridized carbons (Fsp3) is 0.389. The molecule has 2 atom stereocenters. The molecule has 0 aliphatic carbocycles. The summed E-state index contributed by atoms with van der Waals surface area (Å²) in [5.41, 5.74) is 6.24. The average molecular weight is 316 g/mol. The summed E-state index contributed by atoms with van der Waals surface area (Å²) >= 11 is 1.73. The van der Waals surface area contributed by atoms with Gasteiger partial charge in [0, 0.05) is 10.9 Å². The van der Waals surface area contributed by atoms with E-state index >= 15 is 0 Å². The van der Waals surface area contributed by atoms with Crippen molar-refractivity contribution in [3.63, 3.8) is 0 Å². The van der Waals surface area contributed by atoms with Crippen LogP contribution in [0.1, 0.15) is 42.7 Å². The summed E-state index contributed by atoms with van der Waals surface area (Å²) in [6.45, 7) is 3.88. The van der Waals surface area contributed by atoms with Gasteiger partial charge in [-0.3, -0.25) is 4.79 Å². The highest BCUT2D eigenvalue weighted by Gasteiger charge is 2.37. The minimum Gasteiger partial charge on any atom is -0.369 e. The molecule has 22 heavy (non-hydrogen) atoms. The van der Waals surface area contributed by atoms with Crippen molar-refractivity contribution in [2.24, 2.45) is 11.1 Å². The van der Waals surface area contributed by atoms with Gasteiger partial charge >= 0.3 is 0 Å². The maximum absolute atomic E-state index is 12.0. The van der Waals surface area contributed by atoms with E-state index in [2.05, 4.69) is 35.0 Å². The molecule has 118 valence electrons. The van der Waals surface area contributed by atoms with Gasteiger partial charge in [-0.2, -0.15) is 0 Å². The molecule has 0 radical (unpaired) electrons. The highest BCUT2D eigenvalue weighted by molar-refractivity contribution is 7.10. The summed E-state index contributed by atoms with van der Waals surface area (Å²) in [4.78, 5) is 13.3. The third-order valence-corrected chi connectivity index (χ3v) is 5.40. The van der Waals surface area contributed by atoms with Crippen LogP contribution in [0.3, 0.4) is 0 Å². The number of nitrogens with one attached hydrogen (secondary N) is 1. The smallest absolute Gasteiger partial charge is 0.223 e. The monoisotopic (exact) mass is 316 g/mol. The molecule has 3 N–H and O–H groups in total. The molecule has 2 unspecified atom stereocenters. The standard InChI is InChI=1S/C18H24N2OS/c1-18(2,17(19)21)14(13-8-5-4-6-9-13)12-15(20-3)16-10-7-11-22-16/h4-11,14-15,20H,12H2,1-3H3,(H2,19,21). The van der Waals surface area contributed by atoms with E-state index in [9.17, 15) is 4.79 Å². The van der Waals surface area contributed by atoms with E-state index in [0.717, 1.165) is 12.0 Å². The predicted molar refractivity (Wildman–Crippen MR) is 92.9 cm³/mol. The molecule has 1 heterocycles. The van der Waals surface area contributed by atoms with Crippen molar-refractivity contribution in [1.29, 1.82) is 0 Å². The lowest BCUT2D eigenvalue weighted by molar-refractivity contribution is -0.127. The highest BCUT2D eigenvalue weighted by atomic mass is 32.1. The van der Waals surface area contributed by atoms with E-state index in [1.54, 1.807) is 11.3 Å². The van der Waals surface area contributed by atoms with Crippen molar-refractivity contribution in [3.05, 3.63) is 58.3 Å². The third kappa shape index (κ3) is 3.57. The first kappa shape index (κ1) is 16.7. The molecule has 0 aliphatic heterocycles. The fourth-order valence-electron chi connectivity index (χ4n) is 2.81. The molecule has 1 aromatic carbocycles. The van der Waals surface area contributed by atoms with Crippen molar-refractivity contribution in [1.82, 2.24) is 5.32 Å². The minimum absolute atomic E-state index is 0.0609. The Hall–Kier alpha value is -1.65. The van der Waals surface area contributed by atoms with Crippen LogP contribution in [0, 0.1) is 5.41 Å². The van der Waals surface area contributed by atoms with E-state index in [4.69, 9.17) is 5.73 Å². The molecule has 0 aliphatic rings. The van der Waals surface area contributed by atoms with Crippen LogP contribution in [-0.4, -0.2) is 13.0 Å². The van der Waals surface area contributed by atoms with E-state index in [0.29, 0.717) is 0 Å². The fourth-order valence-corrected chi connectivity index (χ4v) is 3.66. The van der Waals surface area contributed by atoms with Crippen molar-refractivity contribution >= 4 is 17.2 Å². The summed E-state index contributed by atoms with van der Waals surface area (Å²) in [5, 5.41) is 5.45. The average Bonchev–Trinajstić information content (AvgIpc) is 3.03. The van der Waals surface area contributed by atoms with Crippen molar-refractivity contribution in [2.45, 2.75) is 32.2 Å². The Balaban J connectivity index is 2.35. The highest BCUT2D eigenvalue weighted by Crippen LogP contribution is 2.42. The van der Waals surface area contributed by atoms with Crippen molar-refractivity contribution in [2.75, 3.05) is 7.05 Å². The summed E-state index contributed by atoms with van der Waals surface area (Å²) in [7, 11) is 1.96. The lowest BCUT2D eigenvalue weighted by Crippen LogP contribution is -2.38. The van der Waals surface area contributed by atoms with Crippen LogP contribution < -0.4 is 11.1 Å². The quantitative estimate of drug-likeness (QED) is 0.818. The van der Waals surface area contributed by atoms with E-state index in [1.807, 2.05) is 39.1 Å². The lowest BCUT2D eigenvalue weighted by Gasteiger charge is -2.34. The maximum Gasteiger partial charge on any atom is 0.223 e. The molecule has 0 bridgehead atoms. The largest absolute Gasteiger partial charge is 0.369 e. The second kappa shape index (κ2) is 7.07. The van der Waals surface area contributed by atoms with Crippen LogP contribution >= 0.6 is 11.3 Å². The van der Waals surface area contributed by atoms with E-state index in [-0.39, 0.29) is 17.9 Å². The Kier molecular flexibility index (Phi) is 5.37. The van der Waals surface area contributed by atoms with Gasteiger partial charge in [0.1, 0.15) is 0 Å². The third-order valence-electron chi connectivity index (χ3n) is 4.41. The van der Waals surface area contributed by atoms with Gasteiger partial charge in [-0.05, 0) is 36.4 Å². The second-order valence-electron chi connectivity index (χ2n) is 6.14. The summed E-state index contributed by atoms with van der Waals surface area (Å²) in [6, 6.07) is 14.6. The van der Waals surface area contributed by atoms with Crippen LogP contribution in [0.5, 0.6) is 0 Å². The number of amides is 1. The van der Waals surface area contributed by atoms with Gasteiger partial charge < -0.3 is 11.1 Å². The molecule has 1 amide bonds. The molecule has 0 saturated heterocycles. The minimum atomic E-state index is -0.603. The zero-order chi connectivity index (χ0) is 16.2. The van der Waals surface area contributed by atoms with Gasteiger partial charge in [-0.25, -0.2) is 0 Å². The lowest BCUT2D eigenvalue weighted by atomic mass is 9.71. The molecule has 0 spiro atoms. The van der Waals surface area contributed by atoms with Crippen LogP contribution in [0.4, 0.5) is 0 Å². The molecular weight excluding hydrogens is 292 g/mol. The molecule has 1 aromatic heterocycles. The van der Waals surface area contributed by atoms with Gasteiger partial charge in [0.2, 0.25) is 5.91 Å². The Morgan fingerprint density at radius 2 is 1.91 bits per heavy atom. The SMILES string of the molecule is CNC(CC(c1ccccc1)C(C)(C)C(N)=O)c1cccs1. The Bertz CT molecular complexity index is 593. The van der Waals surface area contributed by atoms with E-state index < -0.39 is 5.41 Å². The molecule has 4 heteroatoms. The number of carbonyl (C=O) groups is 1. The number of rotatable bonds is 7. The zero-order valence-electron chi connectivity index (χ0n) is 13.4. The maximum atomic E-state index is 12.0. The number of hydrogen-bond donors (Lipinski definition) is 2. The summed E-state index contributed by atoms with van der Waals surface area (Å²) in [6.07, 6.45) is 0.830. The first-order chi connectivity index (χ1) is 10.5. The molecule has 0 saturated carbocycles. The van der Waals surface area contributed by atoms with Crippen LogP contribution in [0.25, 0.3) is 0 Å². The van der Waals surface area contributed by atoms with Crippen LogP contribution in [-0.2, 0) is 4.79 Å². The number of thiophene rings is 1. The molecule has 0 fully saturated rings. The summed E-state index contributed by atoms with van der Waals surface area (Å²) in [5.74, 6) is -0.201. The van der Waals surface area contributed by atoms with Crippen LogP contribution in [0.2, 0.25) is 0 Å². The topological polar surface area (TPSA) is 55.1 Å². The Morgan fingerprint density at radius 3 is 2.41 bits per heavy atom. The normalized spacial score (nSPS) is 14.5. The van der Waals surface area contributed by atoms with Gasteiger partial charge in [0.25, 0.3) is 0 Å². The number of benzene rings is 1. The Morgan fingerprint density at radius 1 is 1.23 bits per heavy atom. The molecule has 2 aromatic rings. The zero-order valence-corrected chi connectivity index (χ0v) is 14.2. The molecule has 3 nitrogen and oxygen atoms in total.